The summed E-state index contributed by atoms with van der Waals surface area (Å²) < 4.78 is 0. The van der Waals surface area contributed by atoms with Gasteiger partial charge in [-0.05, 0) is 17.7 Å². The van der Waals surface area contributed by atoms with Crippen molar-refractivity contribution in [1.29, 1.82) is 0 Å². The van der Waals surface area contributed by atoms with Crippen LogP contribution in [-0.2, 0) is 6.54 Å². The van der Waals surface area contributed by atoms with Crippen LogP contribution in [0.15, 0.2) is 73.1 Å². The van der Waals surface area contributed by atoms with Crippen LogP contribution in [0.4, 0.5) is 0 Å². The topological polar surface area (TPSA) is 43.8 Å². The number of hydrogen-bond donors (Lipinski definition) is 1. The van der Waals surface area contributed by atoms with Gasteiger partial charge in [0.15, 0.2) is 0 Å². The molecule has 1 heterocycles. The largest absolute Gasteiger partial charge is 0.478 e. The molecule has 0 bridgehead atoms. The zero-order chi connectivity index (χ0) is 15.8. The van der Waals surface area contributed by atoms with Crippen molar-refractivity contribution < 1.29 is 9.90 Å². The molecule has 0 radical (unpaired) electrons. The number of aromatic carboxylic acids is 1. The van der Waals surface area contributed by atoms with Gasteiger partial charge in [-0.1, -0.05) is 48.5 Å². The van der Waals surface area contributed by atoms with Crippen LogP contribution in [0.1, 0.15) is 15.9 Å². The molecule has 2 aromatic carbocycles. The predicted molar refractivity (Wildman–Crippen MR) is 87.2 cm³/mol. The van der Waals surface area contributed by atoms with Gasteiger partial charge in [-0.2, -0.15) is 0 Å². The van der Waals surface area contributed by atoms with Crippen molar-refractivity contribution in [2.24, 2.45) is 0 Å². The third-order valence-electron chi connectivity index (χ3n) is 3.19. The molecule has 4 nitrogen and oxygen atoms in total. The van der Waals surface area contributed by atoms with Crippen molar-refractivity contribution in [2.45, 2.75) is 6.54 Å². The van der Waals surface area contributed by atoms with Crippen molar-refractivity contribution in [3.63, 3.8) is 0 Å². The first kappa shape index (κ1) is 15.6. The Labute approximate surface area is 130 Å². The van der Waals surface area contributed by atoms with Crippen LogP contribution in [0, 0.1) is 0 Å². The lowest BCUT2D eigenvalue weighted by Gasteiger charge is -2.17. The monoisotopic (exact) mass is 296 g/mol. The smallest absolute Gasteiger partial charge is 0.335 e. The van der Waals surface area contributed by atoms with Crippen LogP contribution in [0.3, 0.4) is 0 Å². The highest BCUT2D eigenvalue weighted by molar-refractivity contribution is 5.87. The Bertz CT molecular complexity index is 611. The fraction of sp³-hybridized carbons (Fsp3) is 0.167. The van der Waals surface area contributed by atoms with Gasteiger partial charge in [0.05, 0.1) is 12.2 Å². The molecule has 0 atom stereocenters. The summed E-state index contributed by atoms with van der Waals surface area (Å²) in [6.07, 6.45) is 4.23. The van der Waals surface area contributed by atoms with E-state index in [0.717, 1.165) is 13.2 Å². The summed E-state index contributed by atoms with van der Waals surface area (Å²) in [6.45, 7) is 2.00. The maximum atomic E-state index is 10.2. The lowest BCUT2D eigenvalue weighted by atomic mass is 10.2. The number of nitrogens with zero attached hydrogens (tertiary/aromatic N) is 2. The lowest BCUT2D eigenvalue weighted by Crippen LogP contribution is -2.21. The first-order valence-electron chi connectivity index (χ1n) is 7.10. The highest BCUT2D eigenvalue weighted by Crippen LogP contribution is 2.09. The zero-order valence-electron chi connectivity index (χ0n) is 12.6. The highest BCUT2D eigenvalue weighted by Gasteiger charge is 2.07. The van der Waals surface area contributed by atoms with Crippen molar-refractivity contribution in [3.8, 4) is 0 Å². The Morgan fingerprint density at radius 1 is 1.00 bits per heavy atom. The number of rotatable bonds is 3. The standard InChI is InChI=1S/C11H14N2.C7H6O2/c1-12-7-8-13(10-12)9-11-5-3-2-4-6-11;8-7(9)6-4-2-1-3-5-6/h2-8H,9-10H2,1H3;1-5H,(H,8,9). The van der Waals surface area contributed by atoms with E-state index in [0.29, 0.717) is 5.56 Å². The Kier molecular flexibility index (Phi) is 5.60. The highest BCUT2D eigenvalue weighted by atomic mass is 16.4. The quantitative estimate of drug-likeness (QED) is 0.944. The maximum absolute atomic E-state index is 10.2. The molecule has 3 rings (SSSR count). The Balaban J connectivity index is 0.000000172. The number of benzene rings is 2. The van der Waals surface area contributed by atoms with Gasteiger partial charge in [-0.15, -0.1) is 0 Å². The molecule has 4 heteroatoms. The molecule has 0 saturated carbocycles. The molecule has 0 aromatic heterocycles. The van der Waals surface area contributed by atoms with Crippen LogP contribution in [0.5, 0.6) is 0 Å². The summed E-state index contributed by atoms with van der Waals surface area (Å²) >= 11 is 0. The maximum Gasteiger partial charge on any atom is 0.335 e. The fourth-order valence-corrected chi connectivity index (χ4v) is 2.09. The number of carbonyl (C=O) groups is 1. The average molecular weight is 296 g/mol. The molecule has 0 fully saturated rings. The summed E-state index contributed by atoms with van der Waals surface area (Å²) in [5.74, 6) is -0.879. The Morgan fingerprint density at radius 2 is 1.59 bits per heavy atom. The van der Waals surface area contributed by atoms with Gasteiger partial charge < -0.3 is 14.9 Å². The van der Waals surface area contributed by atoms with Crippen molar-refractivity contribution >= 4 is 5.97 Å². The number of carboxylic acid groups (broad SMARTS) is 1. The second-order valence-corrected chi connectivity index (χ2v) is 5.10. The Hall–Kier alpha value is -2.75. The molecule has 1 N–H and O–H groups in total. The summed E-state index contributed by atoms with van der Waals surface area (Å²) in [4.78, 5) is 14.7. The third-order valence-corrected chi connectivity index (χ3v) is 3.19. The average Bonchev–Trinajstić information content (AvgIpc) is 2.95. The first-order valence-corrected chi connectivity index (χ1v) is 7.10. The molecule has 0 spiro atoms. The number of carboxylic acids is 1. The Morgan fingerprint density at radius 3 is 2.05 bits per heavy atom. The van der Waals surface area contributed by atoms with Gasteiger partial charge in [-0.3, -0.25) is 0 Å². The van der Waals surface area contributed by atoms with Gasteiger partial charge in [0.25, 0.3) is 0 Å². The first-order chi connectivity index (χ1) is 10.6. The molecule has 0 saturated heterocycles. The molecule has 0 aliphatic carbocycles. The van der Waals surface area contributed by atoms with Crippen LogP contribution in [0.25, 0.3) is 0 Å². The van der Waals surface area contributed by atoms with Crippen LogP contribution < -0.4 is 0 Å². The molecule has 114 valence electrons. The summed E-state index contributed by atoms with van der Waals surface area (Å²) in [7, 11) is 2.08. The summed E-state index contributed by atoms with van der Waals surface area (Å²) in [5, 5.41) is 8.38. The normalized spacial score (nSPS) is 12.8. The van der Waals surface area contributed by atoms with E-state index >= 15 is 0 Å². The van der Waals surface area contributed by atoms with E-state index in [-0.39, 0.29) is 0 Å². The number of hydrogen-bond acceptors (Lipinski definition) is 3. The summed E-state index contributed by atoms with van der Waals surface area (Å²) in [6, 6.07) is 18.8. The van der Waals surface area contributed by atoms with Gasteiger partial charge in [0, 0.05) is 26.0 Å². The van der Waals surface area contributed by atoms with Gasteiger partial charge in [0.2, 0.25) is 0 Å². The molecular formula is C18H20N2O2. The van der Waals surface area contributed by atoms with E-state index < -0.39 is 5.97 Å². The van der Waals surface area contributed by atoms with E-state index in [1.165, 1.54) is 5.56 Å². The van der Waals surface area contributed by atoms with E-state index in [1.54, 1.807) is 30.3 Å². The molecule has 1 aliphatic rings. The molecule has 0 amide bonds. The SMILES string of the molecule is CN1C=CN(Cc2ccccc2)C1.O=C(O)c1ccccc1. The van der Waals surface area contributed by atoms with Crippen molar-refractivity contribution in [3.05, 3.63) is 84.2 Å². The molecule has 0 unspecified atom stereocenters. The van der Waals surface area contributed by atoms with E-state index in [4.69, 9.17) is 5.11 Å². The minimum absolute atomic E-state index is 0.331. The van der Waals surface area contributed by atoms with Crippen LogP contribution >= 0.6 is 0 Å². The second-order valence-electron chi connectivity index (χ2n) is 5.10. The van der Waals surface area contributed by atoms with Gasteiger partial charge in [-0.25, -0.2) is 4.79 Å². The fourth-order valence-electron chi connectivity index (χ4n) is 2.09. The van der Waals surface area contributed by atoms with E-state index in [2.05, 4.69) is 59.6 Å². The minimum Gasteiger partial charge on any atom is -0.478 e. The van der Waals surface area contributed by atoms with Crippen molar-refractivity contribution in [2.75, 3.05) is 13.7 Å². The molecular weight excluding hydrogens is 276 g/mol. The van der Waals surface area contributed by atoms with Crippen molar-refractivity contribution in [1.82, 2.24) is 9.80 Å². The zero-order valence-corrected chi connectivity index (χ0v) is 12.6. The van der Waals surface area contributed by atoms with Gasteiger partial charge in [0.1, 0.15) is 0 Å². The minimum atomic E-state index is -0.879. The van der Waals surface area contributed by atoms with Crippen LogP contribution in [-0.4, -0.2) is 34.6 Å². The van der Waals surface area contributed by atoms with E-state index in [9.17, 15) is 4.79 Å². The summed E-state index contributed by atoms with van der Waals surface area (Å²) in [5.41, 5.74) is 1.69. The van der Waals surface area contributed by atoms with Gasteiger partial charge >= 0.3 is 5.97 Å². The van der Waals surface area contributed by atoms with Crippen LogP contribution in [0.2, 0.25) is 0 Å². The lowest BCUT2D eigenvalue weighted by molar-refractivity contribution is 0.0697. The third kappa shape index (κ3) is 4.98. The molecule has 22 heavy (non-hydrogen) atoms. The van der Waals surface area contributed by atoms with E-state index in [1.807, 2.05) is 0 Å². The second kappa shape index (κ2) is 7.88. The molecule has 2 aromatic rings. The molecule has 1 aliphatic heterocycles. The predicted octanol–water partition coefficient (Wildman–Crippen LogP) is 3.25.